The number of hydrogen-bond donors (Lipinski definition) is 2. The number of allylic oxidation sites excluding steroid dienone is 1. The highest BCUT2D eigenvalue weighted by Crippen LogP contribution is 2.22. The number of fused-ring (bicyclic) bond motifs is 1. The summed E-state index contributed by atoms with van der Waals surface area (Å²) in [5, 5.41) is 12.0. The molecule has 0 aliphatic heterocycles. The van der Waals surface area contributed by atoms with Gasteiger partial charge in [0.15, 0.2) is 0 Å². The molecule has 0 spiro atoms. The Balaban J connectivity index is 1.86. The number of aryl methyl sites for hydroxylation is 1. The van der Waals surface area contributed by atoms with E-state index in [1.165, 1.54) is 16.7 Å². The Morgan fingerprint density at radius 1 is 1.24 bits per heavy atom. The predicted molar refractivity (Wildman–Crippen MR) is 112 cm³/mol. The monoisotopic (exact) mass is 415 g/mol. The molecule has 152 valence electrons. The molecule has 0 atom stereocenters. The van der Waals surface area contributed by atoms with E-state index >= 15 is 0 Å². The van der Waals surface area contributed by atoms with Crippen LogP contribution in [0.15, 0.2) is 52.1 Å². The summed E-state index contributed by atoms with van der Waals surface area (Å²) in [7, 11) is 3.15. The van der Waals surface area contributed by atoms with E-state index in [0.717, 1.165) is 27.2 Å². The Morgan fingerprint density at radius 3 is 2.62 bits per heavy atom. The fraction of sp³-hybridized carbons (Fsp3) is 0.250. The number of aliphatic hydroxyl groups excluding tert-OH is 1. The molecule has 0 fully saturated rings. The van der Waals surface area contributed by atoms with Crippen LogP contribution < -0.4 is 21.3 Å². The summed E-state index contributed by atoms with van der Waals surface area (Å²) in [6, 6.07) is 8.84. The van der Waals surface area contributed by atoms with Gasteiger partial charge in [-0.15, -0.1) is 11.3 Å². The van der Waals surface area contributed by atoms with Crippen LogP contribution in [0.4, 0.5) is 0 Å². The molecule has 3 rings (SSSR count). The highest BCUT2D eigenvalue weighted by atomic mass is 32.1. The maximum absolute atomic E-state index is 12.7. The average Bonchev–Trinajstić information content (AvgIpc) is 3.19. The van der Waals surface area contributed by atoms with Crippen LogP contribution in [0.1, 0.15) is 15.2 Å². The molecular formula is C20H21N3O5S. The lowest BCUT2D eigenvalue weighted by Crippen LogP contribution is -2.38. The van der Waals surface area contributed by atoms with Gasteiger partial charge in [0, 0.05) is 20.1 Å². The molecule has 0 aliphatic carbocycles. The molecule has 0 aliphatic rings. The molecule has 3 aromatic rings. The first-order valence-corrected chi connectivity index (χ1v) is 9.68. The number of carbonyl (C=O) groups excluding carboxylic acids is 1. The van der Waals surface area contributed by atoms with Gasteiger partial charge in [0.05, 0.1) is 24.0 Å². The van der Waals surface area contributed by atoms with Crippen molar-refractivity contribution in [2.24, 2.45) is 7.05 Å². The van der Waals surface area contributed by atoms with Crippen molar-refractivity contribution in [2.75, 3.05) is 13.7 Å². The van der Waals surface area contributed by atoms with Gasteiger partial charge in [-0.2, -0.15) is 0 Å². The first-order valence-electron chi connectivity index (χ1n) is 8.86. The van der Waals surface area contributed by atoms with Gasteiger partial charge >= 0.3 is 5.69 Å². The van der Waals surface area contributed by atoms with Crippen LogP contribution in [0.2, 0.25) is 0 Å². The number of nitrogens with one attached hydrogen (secondary N) is 1. The van der Waals surface area contributed by atoms with Crippen LogP contribution in [-0.4, -0.2) is 33.9 Å². The van der Waals surface area contributed by atoms with E-state index in [2.05, 4.69) is 5.32 Å². The molecule has 2 N–H and O–H groups in total. The lowest BCUT2D eigenvalue weighted by molar-refractivity contribution is 0.0955. The Labute approximate surface area is 170 Å². The van der Waals surface area contributed by atoms with Gasteiger partial charge in [-0.1, -0.05) is 24.3 Å². The number of thiophene rings is 1. The van der Waals surface area contributed by atoms with Crippen molar-refractivity contribution in [3.05, 3.63) is 73.8 Å². The van der Waals surface area contributed by atoms with Gasteiger partial charge in [-0.05, 0) is 23.8 Å². The number of carbonyl (C=O) groups is 1. The zero-order valence-electron chi connectivity index (χ0n) is 16.0. The van der Waals surface area contributed by atoms with Gasteiger partial charge < -0.3 is 15.2 Å². The zero-order chi connectivity index (χ0) is 21.0. The smallest absolute Gasteiger partial charge is 0.332 e. The summed E-state index contributed by atoms with van der Waals surface area (Å²) in [6.07, 6.45) is 3.01. The number of amides is 1. The number of ether oxygens (including phenoxy) is 1. The molecule has 29 heavy (non-hydrogen) atoms. The molecule has 0 radical (unpaired) electrons. The van der Waals surface area contributed by atoms with Crippen LogP contribution >= 0.6 is 11.3 Å². The number of benzene rings is 1. The van der Waals surface area contributed by atoms with Gasteiger partial charge in [-0.25, -0.2) is 4.79 Å². The number of nitrogens with zero attached hydrogens (tertiary/aromatic N) is 2. The Bertz CT molecular complexity index is 1170. The van der Waals surface area contributed by atoms with E-state index < -0.39 is 11.2 Å². The van der Waals surface area contributed by atoms with Crippen LogP contribution in [0.3, 0.4) is 0 Å². The van der Waals surface area contributed by atoms with E-state index in [1.807, 2.05) is 24.3 Å². The molecule has 1 amide bonds. The Morgan fingerprint density at radius 2 is 1.97 bits per heavy atom. The maximum Gasteiger partial charge on any atom is 0.332 e. The predicted octanol–water partition coefficient (Wildman–Crippen LogP) is 1.25. The minimum absolute atomic E-state index is 0.0524. The first-order chi connectivity index (χ1) is 14.0. The highest BCUT2D eigenvalue weighted by molar-refractivity contribution is 7.20. The summed E-state index contributed by atoms with van der Waals surface area (Å²) < 4.78 is 7.53. The summed E-state index contributed by atoms with van der Waals surface area (Å²) in [5.74, 6) is 0.413. The Kier molecular flexibility index (Phi) is 6.30. The molecule has 8 nitrogen and oxygen atoms in total. The second kappa shape index (κ2) is 8.89. The lowest BCUT2D eigenvalue weighted by atomic mass is 10.2. The molecule has 0 bridgehead atoms. The topological polar surface area (TPSA) is 103 Å². The van der Waals surface area contributed by atoms with Gasteiger partial charge in [0.25, 0.3) is 11.5 Å². The van der Waals surface area contributed by atoms with E-state index in [-0.39, 0.29) is 19.1 Å². The van der Waals surface area contributed by atoms with Crippen molar-refractivity contribution < 1.29 is 14.6 Å². The van der Waals surface area contributed by atoms with Gasteiger partial charge in [-0.3, -0.25) is 18.7 Å². The summed E-state index contributed by atoms with van der Waals surface area (Å²) in [6.45, 7) is 0.206. The van der Waals surface area contributed by atoms with Crippen LogP contribution in [-0.2, 0) is 20.1 Å². The standard InChI is InChI=1S/C20H21N3O5S/c1-22-19-15(18(26)23(20(22)27)9-3-4-10-24)11-16(29-19)17(25)21-12-13-5-7-14(28-2)8-6-13/h3-8,11,24H,9-10,12H2,1-2H3,(H,21,25)/b4-3+. The van der Waals surface area contributed by atoms with Crippen LogP contribution in [0.25, 0.3) is 10.2 Å². The fourth-order valence-corrected chi connectivity index (χ4v) is 3.85. The third kappa shape index (κ3) is 4.30. The molecule has 1 aromatic carbocycles. The van der Waals surface area contributed by atoms with Crippen LogP contribution in [0, 0.1) is 0 Å². The number of rotatable bonds is 7. The summed E-state index contributed by atoms with van der Waals surface area (Å²) in [5.41, 5.74) is -0.0287. The molecule has 0 saturated carbocycles. The minimum atomic E-state index is -0.475. The van der Waals surface area contributed by atoms with Crippen molar-refractivity contribution >= 4 is 27.5 Å². The number of methoxy groups -OCH3 is 1. The Hall–Kier alpha value is -3.17. The van der Waals surface area contributed by atoms with Crippen molar-refractivity contribution in [1.82, 2.24) is 14.5 Å². The van der Waals surface area contributed by atoms with E-state index in [1.54, 1.807) is 20.2 Å². The lowest BCUT2D eigenvalue weighted by Gasteiger charge is -2.05. The normalized spacial score (nSPS) is 11.3. The zero-order valence-corrected chi connectivity index (χ0v) is 16.9. The molecule has 0 saturated heterocycles. The van der Waals surface area contributed by atoms with Crippen molar-refractivity contribution in [1.29, 1.82) is 0 Å². The SMILES string of the molecule is COc1ccc(CNC(=O)c2cc3c(=O)n(C/C=C/CO)c(=O)n(C)c3s2)cc1. The first kappa shape index (κ1) is 20.6. The number of hydrogen-bond acceptors (Lipinski definition) is 6. The highest BCUT2D eigenvalue weighted by Gasteiger charge is 2.17. The van der Waals surface area contributed by atoms with Crippen molar-refractivity contribution in [3.8, 4) is 5.75 Å². The van der Waals surface area contributed by atoms with Gasteiger partial charge in [0.2, 0.25) is 0 Å². The van der Waals surface area contributed by atoms with Crippen molar-refractivity contribution in [3.63, 3.8) is 0 Å². The molecule has 2 heterocycles. The summed E-state index contributed by atoms with van der Waals surface area (Å²) >= 11 is 1.10. The van der Waals surface area contributed by atoms with Crippen LogP contribution in [0.5, 0.6) is 5.75 Å². The van der Waals surface area contributed by atoms with E-state index in [9.17, 15) is 14.4 Å². The average molecular weight is 415 g/mol. The number of aliphatic hydroxyl groups is 1. The summed E-state index contributed by atoms with van der Waals surface area (Å²) in [4.78, 5) is 38.5. The number of aromatic nitrogens is 2. The van der Waals surface area contributed by atoms with E-state index in [4.69, 9.17) is 9.84 Å². The quantitative estimate of drug-likeness (QED) is 0.566. The maximum atomic E-state index is 12.7. The van der Waals surface area contributed by atoms with E-state index in [0.29, 0.717) is 21.6 Å². The second-order valence-electron chi connectivity index (χ2n) is 6.27. The molecular weight excluding hydrogens is 394 g/mol. The third-order valence-electron chi connectivity index (χ3n) is 4.41. The second-order valence-corrected chi connectivity index (χ2v) is 7.30. The third-order valence-corrected chi connectivity index (χ3v) is 5.62. The minimum Gasteiger partial charge on any atom is -0.497 e. The molecule has 2 aromatic heterocycles. The molecule has 0 unspecified atom stereocenters. The fourth-order valence-electron chi connectivity index (χ4n) is 2.82. The van der Waals surface area contributed by atoms with Gasteiger partial charge in [0.1, 0.15) is 10.6 Å². The molecule has 9 heteroatoms. The van der Waals surface area contributed by atoms with Crippen molar-refractivity contribution in [2.45, 2.75) is 13.1 Å². The largest absolute Gasteiger partial charge is 0.497 e.